The first-order valence-corrected chi connectivity index (χ1v) is 7.83. The second-order valence-electron chi connectivity index (χ2n) is 6.56. The third kappa shape index (κ3) is 4.26. The maximum Gasteiger partial charge on any atom is 0.0985 e. The number of nitrogens with zero attached hydrogens (tertiary/aromatic N) is 1. The zero-order chi connectivity index (χ0) is 14.8. The normalized spacial score (nSPS) is 17.3. The van der Waals surface area contributed by atoms with Crippen LogP contribution in [-0.2, 0) is 5.41 Å². The summed E-state index contributed by atoms with van der Waals surface area (Å²) in [7, 11) is 0. The van der Waals surface area contributed by atoms with Crippen molar-refractivity contribution < 1.29 is 5.11 Å². The van der Waals surface area contributed by atoms with Crippen LogP contribution >= 0.6 is 11.3 Å². The number of aliphatic hydroxyl groups is 1. The summed E-state index contributed by atoms with van der Waals surface area (Å²) in [6.07, 6.45) is 0. The highest BCUT2D eigenvalue weighted by atomic mass is 32.1. The van der Waals surface area contributed by atoms with Gasteiger partial charge >= 0.3 is 0 Å². The zero-order valence-electron chi connectivity index (χ0n) is 13.2. The van der Waals surface area contributed by atoms with E-state index in [1.165, 1.54) is 9.88 Å². The molecule has 3 atom stereocenters. The van der Waals surface area contributed by atoms with Crippen LogP contribution in [0.5, 0.6) is 0 Å². The van der Waals surface area contributed by atoms with Crippen molar-refractivity contribution in [1.29, 1.82) is 0 Å². The molecule has 0 saturated carbocycles. The van der Waals surface area contributed by atoms with Crippen molar-refractivity contribution in [2.75, 3.05) is 6.61 Å². The van der Waals surface area contributed by atoms with Crippen LogP contribution in [0.25, 0.3) is 0 Å². The van der Waals surface area contributed by atoms with Crippen LogP contribution < -0.4 is 5.32 Å². The van der Waals surface area contributed by atoms with Gasteiger partial charge in [-0.2, -0.15) is 0 Å². The van der Waals surface area contributed by atoms with Crippen molar-refractivity contribution >= 4 is 11.3 Å². The van der Waals surface area contributed by atoms with E-state index in [1.807, 2.05) is 0 Å². The van der Waals surface area contributed by atoms with Gasteiger partial charge in [0.1, 0.15) is 0 Å². The first kappa shape index (κ1) is 16.6. The molecule has 0 aliphatic rings. The fraction of sp³-hybridized carbons (Fsp3) is 0.800. The second-order valence-corrected chi connectivity index (χ2v) is 7.59. The minimum Gasteiger partial charge on any atom is -0.396 e. The van der Waals surface area contributed by atoms with Gasteiger partial charge in [-0.25, -0.2) is 4.98 Å². The molecular weight excluding hydrogens is 256 g/mol. The van der Waals surface area contributed by atoms with Crippen LogP contribution in [0, 0.1) is 12.8 Å². The van der Waals surface area contributed by atoms with E-state index in [9.17, 15) is 5.11 Å². The van der Waals surface area contributed by atoms with E-state index in [1.54, 1.807) is 11.3 Å². The Morgan fingerprint density at radius 2 is 1.84 bits per heavy atom. The standard InChI is InChI=1S/C15H28N2OS/c1-9(8-18)10(2)16-11(3)13-12(4)17-14(19-13)15(5,6)7/h9-11,16,18H,8H2,1-7H3. The molecule has 0 aliphatic carbocycles. The van der Waals surface area contributed by atoms with Gasteiger partial charge in [-0.15, -0.1) is 11.3 Å². The van der Waals surface area contributed by atoms with Gasteiger partial charge in [0.2, 0.25) is 0 Å². The lowest BCUT2D eigenvalue weighted by Crippen LogP contribution is -2.35. The maximum absolute atomic E-state index is 9.20. The monoisotopic (exact) mass is 284 g/mol. The molecule has 2 N–H and O–H groups in total. The van der Waals surface area contributed by atoms with Crippen molar-refractivity contribution in [3.63, 3.8) is 0 Å². The van der Waals surface area contributed by atoms with Crippen molar-refractivity contribution in [3.8, 4) is 0 Å². The van der Waals surface area contributed by atoms with Crippen molar-refractivity contribution in [2.24, 2.45) is 5.92 Å². The van der Waals surface area contributed by atoms with Crippen molar-refractivity contribution in [1.82, 2.24) is 10.3 Å². The van der Waals surface area contributed by atoms with E-state index in [4.69, 9.17) is 4.98 Å². The molecule has 0 saturated heterocycles. The van der Waals surface area contributed by atoms with Gasteiger partial charge in [-0.3, -0.25) is 0 Å². The van der Waals surface area contributed by atoms with Gasteiger partial charge < -0.3 is 10.4 Å². The molecule has 1 aromatic heterocycles. The molecule has 1 heterocycles. The third-order valence-corrected chi connectivity index (χ3v) is 5.29. The molecule has 3 nitrogen and oxygen atoms in total. The molecule has 0 radical (unpaired) electrons. The van der Waals surface area contributed by atoms with Crippen LogP contribution in [0.3, 0.4) is 0 Å². The quantitative estimate of drug-likeness (QED) is 0.871. The number of aromatic nitrogens is 1. The van der Waals surface area contributed by atoms with E-state index in [0.29, 0.717) is 6.04 Å². The SMILES string of the molecule is Cc1nc(C(C)(C)C)sc1C(C)NC(C)C(C)CO. The molecule has 110 valence electrons. The lowest BCUT2D eigenvalue weighted by Gasteiger charge is -2.23. The second kappa shape index (κ2) is 6.33. The maximum atomic E-state index is 9.20. The number of hydrogen-bond acceptors (Lipinski definition) is 4. The minimum absolute atomic E-state index is 0.109. The average Bonchev–Trinajstić information content (AvgIpc) is 2.69. The topological polar surface area (TPSA) is 45.2 Å². The van der Waals surface area contributed by atoms with Gasteiger partial charge in [0.15, 0.2) is 0 Å². The van der Waals surface area contributed by atoms with Gasteiger partial charge in [-0.1, -0.05) is 27.7 Å². The lowest BCUT2D eigenvalue weighted by molar-refractivity contribution is 0.202. The third-order valence-electron chi connectivity index (χ3n) is 3.52. The molecule has 0 fully saturated rings. The zero-order valence-corrected chi connectivity index (χ0v) is 14.1. The molecule has 0 amide bonds. The number of aliphatic hydroxyl groups excluding tert-OH is 1. The molecular formula is C15H28N2OS. The first-order chi connectivity index (χ1) is 8.66. The van der Waals surface area contributed by atoms with E-state index in [0.717, 1.165) is 5.69 Å². The fourth-order valence-electron chi connectivity index (χ4n) is 1.92. The molecule has 3 unspecified atom stereocenters. The molecule has 0 aliphatic heterocycles. The van der Waals surface area contributed by atoms with Crippen molar-refractivity contribution in [2.45, 2.75) is 66.0 Å². The summed E-state index contributed by atoms with van der Waals surface area (Å²) in [5.74, 6) is 0.262. The van der Waals surface area contributed by atoms with Crippen LogP contribution in [0.4, 0.5) is 0 Å². The molecule has 4 heteroatoms. The van der Waals surface area contributed by atoms with Gasteiger partial charge in [0.25, 0.3) is 0 Å². The highest BCUT2D eigenvalue weighted by Gasteiger charge is 2.23. The van der Waals surface area contributed by atoms with Crippen LogP contribution in [-0.4, -0.2) is 22.7 Å². The van der Waals surface area contributed by atoms with Crippen LogP contribution in [0.15, 0.2) is 0 Å². The molecule has 1 aromatic rings. The fourth-order valence-corrected chi connectivity index (χ4v) is 3.06. The van der Waals surface area contributed by atoms with Crippen LogP contribution in [0.1, 0.15) is 63.2 Å². The predicted octanol–water partition coefficient (Wildman–Crippen LogP) is 3.42. The number of aryl methyl sites for hydroxylation is 1. The number of thiazole rings is 1. The Hall–Kier alpha value is -0.450. The number of rotatable bonds is 5. The van der Waals surface area contributed by atoms with E-state index in [-0.39, 0.29) is 24.0 Å². The lowest BCUT2D eigenvalue weighted by atomic mass is 9.98. The van der Waals surface area contributed by atoms with Crippen LogP contribution in [0.2, 0.25) is 0 Å². The van der Waals surface area contributed by atoms with Gasteiger partial charge in [-0.05, 0) is 26.7 Å². The first-order valence-electron chi connectivity index (χ1n) is 7.01. The summed E-state index contributed by atoms with van der Waals surface area (Å²) in [4.78, 5) is 6.01. The summed E-state index contributed by atoms with van der Waals surface area (Å²) in [6, 6.07) is 0.567. The Balaban J connectivity index is 2.83. The Labute approximate surface area is 121 Å². The minimum atomic E-state index is 0.109. The molecule has 0 spiro atoms. The predicted molar refractivity (Wildman–Crippen MR) is 82.8 cm³/mol. The Morgan fingerprint density at radius 1 is 1.26 bits per heavy atom. The summed E-state index contributed by atoms with van der Waals surface area (Å²) in [5, 5.41) is 14.0. The number of nitrogens with one attached hydrogen (secondary N) is 1. The average molecular weight is 284 g/mol. The summed E-state index contributed by atoms with van der Waals surface area (Å²) >= 11 is 1.80. The summed E-state index contributed by atoms with van der Waals surface area (Å²) in [5.41, 5.74) is 1.23. The Bertz CT molecular complexity index is 409. The van der Waals surface area contributed by atoms with Gasteiger partial charge in [0.05, 0.1) is 10.7 Å². The molecule has 0 aromatic carbocycles. The highest BCUT2D eigenvalue weighted by Crippen LogP contribution is 2.32. The molecule has 19 heavy (non-hydrogen) atoms. The van der Waals surface area contributed by atoms with Gasteiger partial charge in [0, 0.05) is 29.0 Å². The molecule has 0 bridgehead atoms. The van der Waals surface area contributed by atoms with E-state index < -0.39 is 0 Å². The number of hydrogen-bond donors (Lipinski definition) is 2. The molecule has 1 rings (SSSR count). The smallest absolute Gasteiger partial charge is 0.0985 e. The Kier molecular flexibility index (Phi) is 5.53. The Morgan fingerprint density at radius 3 is 2.26 bits per heavy atom. The van der Waals surface area contributed by atoms with Crippen molar-refractivity contribution in [3.05, 3.63) is 15.6 Å². The summed E-state index contributed by atoms with van der Waals surface area (Å²) < 4.78 is 0. The largest absolute Gasteiger partial charge is 0.396 e. The summed E-state index contributed by atoms with van der Waals surface area (Å²) in [6.45, 7) is 15.3. The van der Waals surface area contributed by atoms with E-state index >= 15 is 0 Å². The van der Waals surface area contributed by atoms with E-state index in [2.05, 4.69) is 53.8 Å². The highest BCUT2D eigenvalue weighted by molar-refractivity contribution is 7.12.